The van der Waals surface area contributed by atoms with E-state index in [1.54, 1.807) is 12.4 Å². The van der Waals surface area contributed by atoms with Gasteiger partial charge in [-0.2, -0.15) is 0 Å². The molecule has 0 amide bonds. The van der Waals surface area contributed by atoms with Gasteiger partial charge in [-0.1, -0.05) is 0 Å². The SMILES string of the molecule is OCCCOc1ccc(-c2cc3nccnc3c(NC[C@@H]3CNCCO3)n2)cc1. The van der Waals surface area contributed by atoms with Gasteiger partial charge in [-0.25, -0.2) is 9.97 Å². The fourth-order valence-electron chi connectivity index (χ4n) is 3.18. The molecule has 1 atom stereocenters. The number of benzene rings is 1. The average molecular weight is 395 g/mol. The molecule has 152 valence electrons. The fraction of sp³-hybridized carbons (Fsp3) is 0.381. The van der Waals surface area contributed by atoms with Crippen LogP contribution in [0.2, 0.25) is 0 Å². The Morgan fingerprint density at radius 3 is 2.86 bits per heavy atom. The number of hydrogen-bond donors (Lipinski definition) is 3. The molecule has 1 aliphatic rings. The molecule has 4 rings (SSSR count). The minimum absolute atomic E-state index is 0.0938. The Morgan fingerprint density at radius 1 is 1.21 bits per heavy atom. The number of hydrogen-bond acceptors (Lipinski definition) is 8. The van der Waals surface area contributed by atoms with Crippen molar-refractivity contribution in [3.63, 3.8) is 0 Å². The molecular weight excluding hydrogens is 370 g/mol. The van der Waals surface area contributed by atoms with Gasteiger partial charge in [0.05, 0.1) is 30.5 Å². The maximum Gasteiger partial charge on any atom is 0.154 e. The first kappa shape index (κ1) is 19.5. The van der Waals surface area contributed by atoms with Gasteiger partial charge >= 0.3 is 0 Å². The van der Waals surface area contributed by atoms with E-state index < -0.39 is 0 Å². The molecule has 3 heterocycles. The van der Waals surface area contributed by atoms with Crippen molar-refractivity contribution >= 4 is 16.9 Å². The molecule has 2 aromatic heterocycles. The van der Waals surface area contributed by atoms with Crippen molar-refractivity contribution in [2.75, 3.05) is 44.8 Å². The zero-order valence-electron chi connectivity index (χ0n) is 16.2. The number of morpholine rings is 1. The Hall–Kier alpha value is -2.81. The summed E-state index contributed by atoms with van der Waals surface area (Å²) in [6.45, 7) is 3.68. The zero-order valence-corrected chi connectivity index (χ0v) is 16.2. The molecule has 8 nitrogen and oxygen atoms in total. The highest BCUT2D eigenvalue weighted by atomic mass is 16.5. The van der Waals surface area contributed by atoms with Gasteiger partial charge in [0.25, 0.3) is 0 Å². The normalized spacial score (nSPS) is 16.7. The van der Waals surface area contributed by atoms with E-state index in [2.05, 4.69) is 20.6 Å². The van der Waals surface area contributed by atoms with Crippen LogP contribution in [0.3, 0.4) is 0 Å². The lowest BCUT2D eigenvalue weighted by Gasteiger charge is -2.24. The molecule has 3 N–H and O–H groups in total. The second-order valence-corrected chi connectivity index (χ2v) is 6.81. The summed E-state index contributed by atoms with van der Waals surface area (Å²) < 4.78 is 11.4. The highest BCUT2D eigenvalue weighted by Crippen LogP contribution is 2.27. The molecule has 0 radical (unpaired) electrons. The van der Waals surface area contributed by atoms with Gasteiger partial charge in [-0.3, -0.25) is 4.98 Å². The highest BCUT2D eigenvalue weighted by molar-refractivity contribution is 5.88. The summed E-state index contributed by atoms with van der Waals surface area (Å²) >= 11 is 0. The smallest absolute Gasteiger partial charge is 0.154 e. The third-order valence-electron chi connectivity index (χ3n) is 4.68. The van der Waals surface area contributed by atoms with Crippen LogP contribution in [0.1, 0.15) is 6.42 Å². The Labute approximate surface area is 169 Å². The Morgan fingerprint density at radius 2 is 2.07 bits per heavy atom. The van der Waals surface area contributed by atoms with Crippen LogP contribution in [-0.4, -0.2) is 65.6 Å². The molecular formula is C21H25N5O3. The quantitative estimate of drug-likeness (QED) is 0.497. The predicted molar refractivity (Wildman–Crippen MR) is 111 cm³/mol. The van der Waals surface area contributed by atoms with E-state index in [1.807, 2.05) is 30.3 Å². The summed E-state index contributed by atoms with van der Waals surface area (Å²) in [7, 11) is 0. The number of aromatic nitrogens is 3. The summed E-state index contributed by atoms with van der Waals surface area (Å²) in [6.07, 6.45) is 4.06. The minimum atomic E-state index is 0.0938. The second kappa shape index (κ2) is 9.60. The molecule has 0 aliphatic carbocycles. The number of nitrogens with one attached hydrogen (secondary N) is 2. The van der Waals surface area contributed by atoms with Crippen LogP contribution < -0.4 is 15.4 Å². The van der Waals surface area contributed by atoms with E-state index in [-0.39, 0.29) is 12.7 Å². The number of pyridine rings is 1. The molecule has 1 aliphatic heterocycles. The topological polar surface area (TPSA) is 101 Å². The number of nitrogens with zero attached hydrogens (tertiary/aromatic N) is 3. The molecule has 1 aromatic carbocycles. The fourth-order valence-corrected chi connectivity index (χ4v) is 3.18. The molecule has 0 unspecified atom stereocenters. The van der Waals surface area contributed by atoms with Crippen LogP contribution in [-0.2, 0) is 4.74 Å². The van der Waals surface area contributed by atoms with E-state index in [4.69, 9.17) is 19.6 Å². The summed E-state index contributed by atoms with van der Waals surface area (Å²) in [4.78, 5) is 13.7. The summed E-state index contributed by atoms with van der Waals surface area (Å²) in [5, 5.41) is 15.6. The number of fused-ring (bicyclic) bond motifs is 1. The van der Waals surface area contributed by atoms with Gasteiger partial charge in [-0.15, -0.1) is 0 Å². The van der Waals surface area contributed by atoms with Crippen LogP contribution in [0.4, 0.5) is 5.82 Å². The average Bonchev–Trinajstić information content (AvgIpc) is 2.78. The maximum atomic E-state index is 8.86. The van der Waals surface area contributed by atoms with Crippen LogP contribution in [0, 0.1) is 0 Å². The van der Waals surface area contributed by atoms with Crippen molar-refractivity contribution < 1.29 is 14.6 Å². The third-order valence-corrected chi connectivity index (χ3v) is 4.68. The number of anilines is 1. The lowest BCUT2D eigenvalue weighted by atomic mass is 10.1. The van der Waals surface area contributed by atoms with Gasteiger partial charge in [0, 0.05) is 50.6 Å². The van der Waals surface area contributed by atoms with Crippen LogP contribution in [0.15, 0.2) is 42.7 Å². The van der Waals surface area contributed by atoms with E-state index >= 15 is 0 Å². The highest BCUT2D eigenvalue weighted by Gasteiger charge is 2.15. The first-order valence-corrected chi connectivity index (χ1v) is 9.85. The molecule has 1 saturated heterocycles. The standard InChI is InChI=1S/C21H25N5O3/c27-9-1-10-28-16-4-2-15(3-5-16)18-12-19-20(24-7-6-23-19)21(26-18)25-14-17-13-22-8-11-29-17/h2-7,12,17,22,27H,1,8-11,13-14H2,(H,25,26)/t17-/m0/s1. The van der Waals surface area contributed by atoms with Crippen molar-refractivity contribution in [2.24, 2.45) is 0 Å². The van der Waals surface area contributed by atoms with E-state index in [1.165, 1.54) is 0 Å². The maximum absolute atomic E-state index is 8.86. The largest absolute Gasteiger partial charge is 0.494 e. The summed E-state index contributed by atoms with van der Waals surface area (Å²) in [6, 6.07) is 9.69. The molecule has 29 heavy (non-hydrogen) atoms. The lowest BCUT2D eigenvalue weighted by Crippen LogP contribution is -2.42. The Bertz CT molecular complexity index is 929. The lowest BCUT2D eigenvalue weighted by molar-refractivity contribution is 0.0372. The monoisotopic (exact) mass is 395 g/mol. The van der Waals surface area contributed by atoms with Gasteiger partial charge in [-0.05, 0) is 30.3 Å². The van der Waals surface area contributed by atoms with Crippen molar-refractivity contribution in [3.05, 3.63) is 42.7 Å². The van der Waals surface area contributed by atoms with Crippen molar-refractivity contribution in [3.8, 4) is 17.0 Å². The second-order valence-electron chi connectivity index (χ2n) is 6.81. The van der Waals surface area contributed by atoms with Crippen molar-refractivity contribution in [1.29, 1.82) is 0 Å². The van der Waals surface area contributed by atoms with Gasteiger partial charge in [0.1, 0.15) is 11.3 Å². The van der Waals surface area contributed by atoms with Crippen molar-refractivity contribution in [2.45, 2.75) is 12.5 Å². The molecule has 0 saturated carbocycles. The van der Waals surface area contributed by atoms with Crippen LogP contribution >= 0.6 is 0 Å². The van der Waals surface area contributed by atoms with Gasteiger partial charge in [0.15, 0.2) is 5.82 Å². The molecule has 0 bridgehead atoms. The Kier molecular flexibility index (Phi) is 6.45. The van der Waals surface area contributed by atoms with Crippen LogP contribution in [0.25, 0.3) is 22.3 Å². The van der Waals surface area contributed by atoms with Crippen molar-refractivity contribution in [1.82, 2.24) is 20.3 Å². The minimum Gasteiger partial charge on any atom is -0.494 e. The first-order chi connectivity index (χ1) is 14.3. The summed E-state index contributed by atoms with van der Waals surface area (Å²) in [5.74, 6) is 1.46. The van der Waals surface area contributed by atoms with E-state index in [0.29, 0.717) is 32.0 Å². The third kappa shape index (κ3) is 4.97. The van der Waals surface area contributed by atoms with Crippen LogP contribution in [0.5, 0.6) is 5.75 Å². The number of aliphatic hydroxyl groups excluding tert-OH is 1. The number of ether oxygens (including phenoxy) is 2. The van der Waals surface area contributed by atoms with E-state index in [0.717, 1.165) is 41.1 Å². The molecule has 0 spiro atoms. The van der Waals surface area contributed by atoms with Gasteiger partial charge < -0.3 is 25.2 Å². The van der Waals surface area contributed by atoms with Gasteiger partial charge in [0.2, 0.25) is 0 Å². The first-order valence-electron chi connectivity index (χ1n) is 9.85. The number of rotatable bonds is 8. The summed E-state index contributed by atoms with van der Waals surface area (Å²) in [5.41, 5.74) is 3.30. The number of aliphatic hydroxyl groups is 1. The molecule has 1 fully saturated rings. The molecule has 8 heteroatoms. The Balaban J connectivity index is 1.56. The predicted octanol–water partition coefficient (Wildman–Crippen LogP) is 1.85. The van der Waals surface area contributed by atoms with E-state index in [9.17, 15) is 0 Å². The zero-order chi connectivity index (χ0) is 19.9. The molecule has 3 aromatic rings.